The quantitative estimate of drug-likeness (QED) is 0.261. The zero-order chi connectivity index (χ0) is 29.6. The zero-order valence-corrected chi connectivity index (χ0v) is 24.9. The molecule has 4 aromatic rings. The summed E-state index contributed by atoms with van der Waals surface area (Å²) in [4.78, 5) is 52.1. The van der Waals surface area contributed by atoms with E-state index >= 15 is 0 Å². The van der Waals surface area contributed by atoms with E-state index < -0.39 is 0 Å². The van der Waals surface area contributed by atoms with Crippen LogP contribution in [0.5, 0.6) is 0 Å². The summed E-state index contributed by atoms with van der Waals surface area (Å²) in [6.45, 7) is 1.55. The topological polar surface area (TPSA) is 115 Å². The lowest BCUT2D eigenvalue weighted by Gasteiger charge is -2.24. The minimum Gasteiger partial charge on any atom is -0.352 e. The lowest BCUT2D eigenvalue weighted by Crippen LogP contribution is -2.42. The van der Waals surface area contributed by atoms with E-state index in [1.807, 2.05) is 36.4 Å². The molecular weight excluding hydrogens is 540 g/mol. The van der Waals surface area contributed by atoms with E-state index in [9.17, 15) is 14.4 Å². The number of nitrogens with one attached hydrogen (secondary N) is 2. The summed E-state index contributed by atoms with van der Waals surface area (Å²) in [5, 5.41) is 2.94. The van der Waals surface area contributed by atoms with Gasteiger partial charge in [-0.1, -0.05) is 68.9 Å². The number of carbonyl (C=O) groups excluding carboxylic acids is 1. The van der Waals surface area contributed by atoms with Gasteiger partial charge in [-0.05, 0) is 61.1 Å². The lowest BCUT2D eigenvalue weighted by atomic mass is 9.89. The van der Waals surface area contributed by atoms with E-state index in [2.05, 4.69) is 15.3 Å². The molecule has 9 nitrogen and oxygen atoms in total. The van der Waals surface area contributed by atoms with E-state index in [4.69, 9.17) is 4.98 Å². The fraction of sp³-hybridized carbons (Fsp3) is 0.500. The Balaban J connectivity index is 1.21. The first-order chi connectivity index (χ1) is 21.0. The van der Waals surface area contributed by atoms with Gasteiger partial charge in [-0.2, -0.15) is 0 Å². The summed E-state index contributed by atoms with van der Waals surface area (Å²) in [5.74, 6) is 1.37. The van der Waals surface area contributed by atoms with Crippen molar-refractivity contribution in [1.82, 2.24) is 29.4 Å². The van der Waals surface area contributed by atoms with Gasteiger partial charge in [0, 0.05) is 44.0 Å². The first-order valence-corrected chi connectivity index (χ1v) is 16.0. The third-order valence-corrected chi connectivity index (χ3v) is 9.27. The molecule has 226 valence electrons. The Morgan fingerprint density at radius 1 is 0.860 bits per heavy atom. The number of pyridine rings is 1. The normalized spacial score (nSPS) is 16.5. The molecule has 0 spiro atoms. The molecule has 0 unspecified atom stereocenters. The van der Waals surface area contributed by atoms with Crippen LogP contribution in [0.2, 0.25) is 0 Å². The summed E-state index contributed by atoms with van der Waals surface area (Å²) >= 11 is 0. The Labute approximate surface area is 251 Å². The van der Waals surface area contributed by atoms with Gasteiger partial charge < -0.3 is 10.3 Å². The number of aryl methyl sites for hydroxylation is 1. The summed E-state index contributed by atoms with van der Waals surface area (Å²) in [7, 11) is 0. The monoisotopic (exact) mass is 582 g/mol. The minimum absolute atomic E-state index is 0.00865. The maximum atomic E-state index is 13.8. The third kappa shape index (κ3) is 6.98. The molecule has 2 aliphatic rings. The second kappa shape index (κ2) is 13.5. The Hall–Kier alpha value is -4.01. The highest BCUT2D eigenvalue weighted by Gasteiger charge is 2.24. The molecule has 0 bridgehead atoms. The molecule has 0 atom stereocenters. The molecule has 3 aromatic heterocycles. The predicted molar refractivity (Wildman–Crippen MR) is 168 cm³/mol. The van der Waals surface area contributed by atoms with E-state index in [1.54, 1.807) is 17.0 Å². The SMILES string of the molecule is O=C(CCc1ccc(-c2nc3c([nH]2)c(=O)n(CC2CCCCC2)c(=O)n3CC2CCCCC2)cc1)NCc1cccnc1. The number of hydrogen-bond donors (Lipinski definition) is 2. The van der Waals surface area contributed by atoms with Gasteiger partial charge in [-0.15, -0.1) is 0 Å². The highest BCUT2D eigenvalue weighted by atomic mass is 16.2. The number of benzene rings is 1. The second-order valence-corrected chi connectivity index (χ2v) is 12.4. The van der Waals surface area contributed by atoms with Gasteiger partial charge >= 0.3 is 5.69 Å². The van der Waals surface area contributed by atoms with Gasteiger partial charge in [0.2, 0.25) is 5.91 Å². The van der Waals surface area contributed by atoms with Gasteiger partial charge in [0.15, 0.2) is 5.65 Å². The molecule has 2 saturated carbocycles. The van der Waals surface area contributed by atoms with Crippen molar-refractivity contribution in [3.8, 4) is 11.4 Å². The lowest BCUT2D eigenvalue weighted by molar-refractivity contribution is -0.121. The number of nitrogens with zero attached hydrogens (tertiary/aromatic N) is 4. The van der Waals surface area contributed by atoms with Crippen LogP contribution in [-0.2, 0) is 30.8 Å². The number of aromatic amines is 1. The van der Waals surface area contributed by atoms with Crippen molar-refractivity contribution in [2.75, 3.05) is 0 Å². The van der Waals surface area contributed by atoms with Crippen LogP contribution in [0.25, 0.3) is 22.6 Å². The fourth-order valence-electron chi connectivity index (χ4n) is 6.76. The van der Waals surface area contributed by atoms with Crippen molar-refractivity contribution in [3.63, 3.8) is 0 Å². The van der Waals surface area contributed by atoms with Crippen LogP contribution < -0.4 is 16.6 Å². The molecule has 2 aliphatic carbocycles. The average molecular weight is 583 g/mol. The molecule has 43 heavy (non-hydrogen) atoms. The number of fused-ring (bicyclic) bond motifs is 1. The molecule has 0 radical (unpaired) electrons. The maximum absolute atomic E-state index is 13.8. The highest BCUT2D eigenvalue weighted by Crippen LogP contribution is 2.27. The van der Waals surface area contributed by atoms with E-state index in [1.165, 1.54) is 30.3 Å². The number of rotatable bonds is 10. The number of H-pyrrole nitrogens is 1. The standard InChI is InChI=1S/C34H42N6O3/c41-29(36-21-27-12-7-19-35-20-27)18-15-24-13-16-28(17-14-24)31-37-30-32(38-31)39(22-25-8-3-1-4-9-25)34(43)40(33(30)42)23-26-10-5-2-6-11-26/h7,12-14,16-17,19-20,25-26H,1-6,8-11,15,18,21-23H2,(H,36,41)(H,37,38). The van der Waals surface area contributed by atoms with Crippen LogP contribution in [0.3, 0.4) is 0 Å². The van der Waals surface area contributed by atoms with Crippen LogP contribution in [-0.4, -0.2) is 30.0 Å². The predicted octanol–water partition coefficient (Wildman–Crippen LogP) is 5.36. The number of carbonyl (C=O) groups is 1. The van der Waals surface area contributed by atoms with E-state index in [0.717, 1.165) is 55.2 Å². The molecular formula is C34H42N6O3. The van der Waals surface area contributed by atoms with Gasteiger partial charge in [0.1, 0.15) is 11.3 Å². The Morgan fingerprint density at radius 2 is 1.53 bits per heavy atom. The second-order valence-electron chi connectivity index (χ2n) is 12.4. The van der Waals surface area contributed by atoms with Crippen molar-refractivity contribution < 1.29 is 4.79 Å². The molecule has 0 saturated heterocycles. The minimum atomic E-state index is -0.266. The summed E-state index contributed by atoms with van der Waals surface area (Å²) in [5.41, 5.74) is 3.25. The molecule has 6 rings (SSSR count). The first-order valence-electron chi connectivity index (χ1n) is 16.0. The zero-order valence-electron chi connectivity index (χ0n) is 24.9. The van der Waals surface area contributed by atoms with Gasteiger partial charge in [0.05, 0.1) is 0 Å². The van der Waals surface area contributed by atoms with Crippen molar-refractivity contribution >= 4 is 17.1 Å². The van der Waals surface area contributed by atoms with Crippen LogP contribution in [0.15, 0.2) is 58.4 Å². The molecule has 2 N–H and O–H groups in total. The highest BCUT2D eigenvalue weighted by molar-refractivity contribution is 5.77. The molecule has 1 aromatic carbocycles. The smallest absolute Gasteiger partial charge is 0.332 e. The third-order valence-electron chi connectivity index (χ3n) is 9.27. The number of aromatic nitrogens is 5. The fourth-order valence-corrected chi connectivity index (χ4v) is 6.76. The Morgan fingerprint density at radius 3 is 2.19 bits per heavy atom. The van der Waals surface area contributed by atoms with Crippen molar-refractivity contribution in [2.45, 2.75) is 96.7 Å². The molecule has 2 fully saturated rings. The van der Waals surface area contributed by atoms with Crippen LogP contribution in [0.1, 0.15) is 81.8 Å². The van der Waals surface area contributed by atoms with Crippen LogP contribution in [0, 0.1) is 11.8 Å². The molecule has 3 heterocycles. The average Bonchev–Trinajstić information content (AvgIpc) is 3.50. The Bertz CT molecular complexity index is 1640. The largest absolute Gasteiger partial charge is 0.352 e. The van der Waals surface area contributed by atoms with Gasteiger partial charge in [-0.3, -0.25) is 23.7 Å². The van der Waals surface area contributed by atoms with Crippen molar-refractivity contribution in [3.05, 3.63) is 80.8 Å². The molecule has 0 aliphatic heterocycles. The molecule has 9 heteroatoms. The first kappa shape index (κ1) is 29.1. The number of amides is 1. The summed E-state index contributed by atoms with van der Waals surface area (Å²) in [6.07, 6.45) is 16.0. The summed E-state index contributed by atoms with van der Waals surface area (Å²) < 4.78 is 3.25. The van der Waals surface area contributed by atoms with Crippen molar-refractivity contribution in [2.24, 2.45) is 11.8 Å². The number of imidazole rings is 1. The van der Waals surface area contributed by atoms with E-state index in [0.29, 0.717) is 61.3 Å². The van der Waals surface area contributed by atoms with Crippen LogP contribution in [0.4, 0.5) is 0 Å². The van der Waals surface area contributed by atoms with Gasteiger partial charge in [0.25, 0.3) is 5.56 Å². The Kier molecular flexibility index (Phi) is 9.15. The van der Waals surface area contributed by atoms with Crippen LogP contribution >= 0.6 is 0 Å². The van der Waals surface area contributed by atoms with Crippen molar-refractivity contribution in [1.29, 1.82) is 0 Å². The molecule has 1 amide bonds. The summed E-state index contributed by atoms with van der Waals surface area (Å²) in [6, 6.07) is 11.7. The van der Waals surface area contributed by atoms with E-state index in [-0.39, 0.29) is 17.2 Å². The van der Waals surface area contributed by atoms with Gasteiger partial charge in [-0.25, -0.2) is 9.78 Å². The maximum Gasteiger partial charge on any atom is 0.332 e. The number of hydrogen-bond acceptors (Lipinski definition) is 5.